The minimum atomic E-state index is -0.211. The Labute approximate surface area is 135 Å². The fourth-order valence-electron chi connectivity index (χ4n) is 2.76. The molecule has 3 rings (SSSR count). The van der Waals surface area contributed by atoms with E-state index in [0.29, 0.717) is 23.9 Å². The Hall–Kier alpha value is -1.46. The Balaban J connectivity index is 1.64. The van der Waals surface area contributed by atoms with Gasteiger partial charge in [0.1, 0.15) is 5.75 Å². The van der Waals surface area contributed by atoms with Gasteiger partial charge in [0.15, 0.2) is 0 Å². The van der Waals surface area contributed by atoms with Crippen molar-refractivity contribution in [3.8, 4) is 5.75 Å². The molecule has 1 aromatic rings. The van der Waals surface area contributed by atoms with Crippen molar-refractivity contribution < 1.29 is 14.6 Å². The van der Waals surface area contributed by atoms with Gasteiger partial charge in [-0.05, 0) is 31.7 Å². The summed E-state index contributed by atoms with van der Waals surface area (Å²) in [4.78, 5) is 12.1. The highest BCUT2D eigenvalue weighted by molar-refractivity contribution is 6.32. The molecule has 1 heterocycles. The summed E-state index contributed by atoms with van der Waals surface area (Å²) in [5.41, 5.74) is 0.828. The van der Waals surface area contributed by atoms with Crippen molar-refractivity contribution in [2.45, 2.75) is 31.7 Å². The molecule has 2 aliphatic rings. The Morgan fingerprint density at radius 2 is 2.27 bits per heavy atom. The fraction of sp³-hybridized carbons (Fsp3) is 0.562. The summed E-state index contributed by atoms with van der Waals surface area (Å²) < 4.78 is 5.70. The van der Waals surface area contributed by atoms with E-state index >= 15 is 0 Å². The van der Waals surface area contributed by atoms with Gasteiger partial charge in [0.25, 0.3) is 0 Å². The number of ether oxygens (including phenoxy) is 1. The van der Waals surface area contributed by atoms with Crippen LogP contribution < -0.4 is 15.4 Å². The first-order valence-corrected chi connectivity index (χ1v) is 8.08. The number of hydrogen-bond donors (Lipinski definition) is 3. The summed E-state index contributed by atoms with van der Waals surface area (Å²) in [6.07, 6.45) is 3.61. The van der Waals surface area contributed by atoms with Crippen molar-refractivity contribution in [2.75, 3.05) is 19.8 Å². The van der Waals surface area contributed by atoms with Gasteiger partial charge in [-0.25, -0.2) is 4.79 Å². The maximum absolute atomic E-state index is 12.1. The molecular weight excluding hydrogens is 304 g/mol. The van der Waals surface area contributed by atoms with E-state index in [1.165, 1.54) is 0 Å². The van der Waals surface area contributed by atoms with Crippen molar-refractivity contribution in [2.24, 2.45) is 5.41 Å². The standard InChI is InChI=1S/C16H21ClN2O3/c17-12-4-1-3-11-13(5-2-8-22-14(11)12)19-15(21)18-9-16(10-20)6-7-16/h1,3-4,13,20H,2,5-10H2,(H2,18,19,21). The minimum absolute atomic E-state index is 0.0921. The van der Waals surface area contributed by atoms with Gasteiger partial charge >= 0.3 is 6.03 Å². The number of benzene rings is 1. The van der Waals surface area contributed by atoms with Crippen molar-refractivity contribution in [1.82, 2.24) is 10.6 Å². The molecule has 1 fully saturated rings. The molecule has 22 heavy (non-hydrogen) atoms. The van der Waals surface area contributed by atoms with Crippen LogP contribution in [0.3, 0.4) is 0 Å². The molecular formula is C16H21ClN2O3. The number of rotatable bonds is 4. The number of carbonyl (C=O) groups is 1. The van der Waals surface area contributed by atoms with Crippen molar-refractivity contribution in [3.05, 3.63) is 28.8 Å². The number of amides is 2. The first-order valence-electron chi connectivity index (χ1n) is 7.70. The Morgan fingerprint density at radius 1 is 1.45 bits per heavy atom. The normalized spacial score (nSPS) is 22.0. The molecule has 2 amide bonds. The van der Waals surface area contributed by atoms with E-state index in [0.717, 1.165) is 31.2 Å². The number of aliphatic hydroxyl groups is 1. The van der Waals surface area contributed by atoms with Gasteiger partial charge in [-0.2, -0.15) is 0 Å². The smallest absolute Gasteiger partial charge is 0.315 e. The minimum Gasteiger partial charge on any atom is -0.492 e. The van der Waals surface area contributed by atoms with Gasteiger partial charge < -0.3 is 20.5 Å². The van der Waals surface area contributed by atoms with Crippen LogP contribution in [0.2, 0.25) is 5.02 Å². The van der Waals surface area contributed by atoms with E-state index in [9.17, 15) is 9.90 Å². The monoisotopic (exact) mass is 324 g/mol. The maximum atomic E-state index is 12.1. The lowest BCUT2D eigenvalue weighted by Crippen LogP contribution is -2.41. The molecule has 0 spiro atoms. The third kappa shape index (κ3) is 3.31. The molecule has 120 valence electrons. The number of carbonyl (C=O) groups excluding carboxylic acids is 1. The van der Waals surface area contributed by atoms with Crippen LogP contribution in [-0.4, -0.2) is 30.9 Å². The number of hydrogen-bond acceptors (Lipinski definition) is 3. The molecule has 1 unspecified atom stereocenters. The van der Waals surface area contributed by atoms with Gasteiger partial charge in [0.05, 0.1) is 24.3 Å². The molecule has 1 atom stereocenters. The highest BCUT2D eigenvalue weighted by Gasteiger charge is 2.42. The lowest BCUT2D eigenvalue weighted by molar-refractivity contribution is 0.201. The lowest BCUT2D eigenvalue weighted by Gasteiger charge is -2.20. The van der Waals surface area contributed by atoms with Gasteiger partial charge in [-0.1, -0.05) is 23.7 Å². The zero-order valence-corrected chi connectivity index (χ0v) is 13.2. The van der Waals surface area contributed by atoms with Crippen LogP contribution >= 0.6 is 11.6 Å². The molecule has 1 aromatic carbocycles. The molecule has 3 N–H and O–H groups in total. The summed E-state index contributed by atoms with van der Waals surface area (Å²) in [5.74, 6) is 0.668. The average molecular weight is 325 g/mol. The van der Waals surface area contributed by atoms with E-state index in [4.69, 9.17) is 16.3 Å². The molecule has 0 aromatic heterocycles. The first kappa shape index (κ1) is 15.4. The van der Waals surface area contributed by atoms with Crippen LogP contribution in [-0.2, 0) is 0 Å². The largest absolute Gasteiger partial charge is 0.492 e. The van der Waals surface area contributed by atoms with E-state index < -0.39 is 0 Å². The Bertz CT molecular complexity index is 560. The number of aliphatic hydroxyl groups excluding tert-OH is 1. The second kappa shape index (κ2) is 6.34. The molecule has 1 aliphatic carbocycles. The van der Waals surface area contributed by atoms with Crippen molar-refractivity contribution in [1.29, 1.82) is 0 Å². The highest BCUT2D eigenvalue weighted by Crippen LogP contribution is 2.44. The Morgan fingerprint density at radius 3 is 3.00 bits per heavy atom. The average Bonchev–Trinajstić information content (AvgIpc) is 3.31. The van der Waals surface area contributed by atoms with Gasteiger partial charge in [-0.3, -0.25) is 0 Å². The number of para-hydroxylation sites is 1. The molecule has 0 radical (unpaired) electrons. The van der Waals surface area contributed by atoms with Crippen LogP contribution in [0.1, 0.15) is 37.3 Å². The van der Waals surface area contributed by atoms with E-state index in [2.05, 4.69) is 10.6 Å². The molecule has 6 heteroatoms. The van der Waals surface area contributed by atoms with Crippen LogP contribution in [0.25, 0.3) is 0 Å². The predicted octanol–water partition coefficient (Wildman–Crippen LogP) is 2.63. The van der Waals surface area contributed by atoms with Crippen LogP contribution in [0.4, 0.5) is 4.79 Å². The Kier molecular flexibility index (Phi) is 4.45. The van der Waals surface area contributed by atoms with Crippen LogP contribution in [0.5, 0.6) is 5.75 Å². The van der Waals surface area contributed by atoms with Gasteiger partial charge in [0, 0.05) is 17.5 Å². The number of fused-ring (bicyclic) bond motifs is 1. The summed E-state index contributed by atoms with van der Waals surface area (Å²) in [5, 5.41) is 15.7. The highest BCUT2D eigenvalue weighted by atomic mass is 35.5. The number of halogens is 1. The maximum Gasteiger partial charge on any atom is 0.315 e. The summed E-state index contributed by atoms with van der Waals surface area (Å²) in [6, 6.07) is 5.28. The predicted molar refractivity (Wildman–Crippen MR) is 84.2 cm³/mol. The van der Waals surface area contributed by atoms with E-state index in [1.807, 2.05) is 12.1 Å². The summed E-state index contributed by atoms with van der Waals surface area (Å²) >= 11 is 6.18. The zero-order chi connectivity index (χ0) is 15.6. The second-order valence-electron chi connectivity index (χ2n) is 6.19. The van der Waals surface area contributed by atoms with Gasteiger partial charge in [-0.15, -0.1) is 0 Å². The molecule has 0 bridgehead atoms. The lowest BCUT2D eigenvalue weighted by atomic mass is 10.0. The van der Waals surface area contributed by atoms with E-state index in [-0.39, 0.29) is 24.1 Å². The second-order valence-corrected chi connectivity index (χ2v) is 6.59. The van der Waals surface area contributed by atoms with E-state index in [1.54, 1.807) is 6.07 Å². The first-order chi connectivity index (χ1) is 10.6. The quantitative estimate of drug-likeness (QED) is 0.797. The third-order valence-corrected chi connectivity index (χ3v) is 4.78. The SMILES string of the molecule is O=C(NCC1(CO)CC1)NC1CCCOc2c(Cl)cccc21. The van der Waals surface area contributed by atoms with Crippen molar-refractivity contribution >= 4 is 17.6 Å². The van der Waals surface area contributed by atoms with Crippen LogP contribution in [0, 0.1) is 5.41 Å². The van der Waals surface area contributed by atoms with Crippen molar-refractivity contribution in [3.63, 3.8) is 0 Å². The molecule has 1 saturated carbocycles. The molecule has 5 nitrogen and oxygen atoms in total. The fourth-order valence-corrected chi connectivity index (χ4v) is 3.00. The number of nitrogens with one attached hydrogen (secondary N) is 2. The van der Waals surface area contributed by atoms with Gasteiger partial charge in [0.2, 0.25) is 0 Å². The summed E-state index contributed by atoms with van der Waals surface area (Å²) in [6.45, 7) is 1.24. The molecule has 1 aliphatic heterocycles. The topological polar surface area (TPSA) is 70.6 Å². The number of urea groups is 1. The third-order valence-electron chi connectivity index (χ3n) is 4.48. The zero-order valence-electron chi connectivity index (χ0n) is 12.4. The van der Waals surface area contributed by atoms with Crippen LogP contribution in [0.15, 0.2) is 18.2 Å². The summed E-state index contributed by atoms with van der Waals surface area (Å²) in [7, 11) is 0. The molecule has 0 saturated heterocycles.